The highest BCUT2D eigenvalue weighted by Gasteiger charge is 2.14. The average molecular weight is 341 g/mol. The molecule has 1 aromatic carbocycles. The Bertz CT molecular complexity index is 573. The van der Waals surface area contributed by atoms with Crippen LogP contribution in [0.25, 0.3) is 0 Å². The first kappa shape index (κ1) is 14.8. The molecular weight excluding hydrogens is 324 g/mol. The summed E-state index contributed by atoms with van der Waals surface area (Å²) in [6, 6.07) is 5.99. The molecule has 0 aliphatic heterocycles. The lowest BCUT2D eigenvalue weighted by molar-refractivity contribution is 0.415. The smallest absolute Gasteiger partial charge is 0.320 e. The van der Waals surface area contributed by atoms with E-state index in [1.54, 1.807) is 7.11 Å². The Morgan fingerprint density at radius 2 is 2.20 bits per heavy atom. The zero-order chi connectivity index (χ0) is 14.5. The van der Waals surface area contributed by atoms with Crippen LogP contribution in [0.5, 0.6) is 5.75 Å². The summed E-state index contributed by atoms with van der Waals surface area (Å²) >= 11 is 3.42. The molecule has 0 saturated heterocycles. The third-order valence-electron chi connectivity index (χ3n) is 2.72. The van der Waals surface area contributed by atoms with E-state index in [1.165, 1.54) is 0 Å². The molecule has 0 bridgehead atoms. The largest absolute Gasteiger partial charge is 0.495 e. The van der Waals surface area contributed by atoms with E-state index in [-0.39, 0.29) is 6.04 Å². The van der Waals surface area contributed by atoms with Crippen molar-refractivity contribution in [2.75, 3.05) is 19.0 Å². The lowest BCUT2D eigenvalue weighted by Gasteiger charge is -2.09. The Labute approximate surface area is 126 Å². The molecule has 1 heterocycles. The number of benzene rings is 1. The molecule has 0 amide bonds. The van der Waals surface area contributed by atoms with E-state index in [1.807, 2.05) is 32.0 Å². The summed E-state index contributed by atoms with van der Waals surface area (Å²) < 4.78 is 11.8. The Balaban J connectivity index is 2.16. The van der Waals surface area contributed by atoms with Gasteiger partial charge in [-0.2, -0.15) is 0 Å². The fourth-order valence-corrected chi connectivity index (χ4v) is 2.11. The molecule has 0 spiro atoms. The number of anilines is 2. The minimum absolute atomic E-state index is 0.0208. The Morgan fingerprint density at radius 3 is 2.90 bits per heavy atom. The predicted octanol–water partition coefficient (Wildman–Crippen LogP) is 3.25. The molecule has 0 aliphatic carbocycles. The highest BCUT2D eigenvalue weighted by molar-refractivity contribution is 9.10. The maximum Gasteiger partial charge on any atom is 0.320 e. The number of nitrogens with zero attached hydrogens (tertiary/aromatic N) is 2. The summed E-state index contributed by atoms with van der Waals surface area (Å²) in [7, 11) is 1.61. The second-order valence-corrected chi connectivity index (χ2v) is 5.11. The van der Waals surface area contributed by atoms with E-state index in [0.717, 1.165) is 16.7 Å². The highest BCUT2D eigenvalue weighted by atomic mass is 79.9. The van der Waals surface area contributed by atoms with Gasteiger partial charge in [0.25, 0.3) is 0 Å². The van der Waals surface area contributed by atoms with Crippen LogP contribution in [0, 0.1) is 0 Å². The standard InChI is InChI=1S/C13H17BrN4O2/c1-4-15-8(2)12-17-18-13(20-12)16-10-7-9(14)5-6-11(10)19-3/h5-8,15H,4H2,1-3H3,(H,16,18). The zero-order valence-electron chi connectivity index (χ0n) is 11.6. The first-order valence-corrected chi connectivity index (χ1v) is 7.10. The number of hydrogen-bond donors (Lipinski definition) is 2. The first-order chi connectivity index (χ1) is 9.63. The van der Waals surface area contributed by atoms with Gasteiger partial charge in [0.15, 0.2) is 0 Å². The molecule has 0 radical (unpaired) electrons. The number of ether oxygens (including phenoxy) is 1. The van der Waals surface area contributed by atoms with Crippen LogP contribution in [-0.2, 0) is 0 Å². The van der Waals surface area contributed by atoms with E-state index in [4.69, 9.17) is 9.15 Å². The van der Waals surface area contributed by atoms with Crippen LogP contribution in [-0.4, -0.2) is 23.9 Å². The van der Waals surface area contributed by atoms with Gasteiger partial charge in [-0.15, -0.1) is 5.10 Å². The summed E-state index contributed by atoms with van der Waals surface area (Å²) in [5, 5.41) is 14.3. The number of nitrogens with one attached hydrogen (secondary N) is 2. The van der Waals surface area contributed by atoms with Crippen molar-refractivity contribution in [3.63, 3.8) is 0 Å². The summed E-state index contributed by atoms with van der Waals surface area (Å²) in [5.74, 6) is 1.25. The van der Waals surface area contributed by atoms with Gasteiger partial charge in [0, 0.05) is 4.47 Å². The molecule has 0 fully saturated rings. The van der Waals surface area contributed by atoms with E-state index < -0.39 is 0 Å². The van der Waals surface area contributed by atoms with Crippen LogP contribution in [0.2, 0.25) is 0 Å². The van der Waals surface area contributed by atoms with Gasteiger partial charge in [-0.05, 0) is 31.7 Å². The van der Waals surface area contributed by atoms with Gasteiger partial charge >= 0.3 is 6.01 Å². The van der Waals surface area contributed by atoms with Gasteiger partial charge in [-0.1, -0.05) is 28.0 Å². The topological polar surface area (TPSA) is 72.2 Å². The summed E-state index contributed by atoms with van der Waals surface area (Å²) in [4.78, 5) is 0. The normalized spacial score (nSPS) is 12.2. The van der Waals surface area contributed by atoms with Crippen molar-refractivity contribution in [3.8, 4) is 5.75 Å². The number of methoxy groups -OCH3 is 1. The summed E-state index contributed by atoms with van der Waals surface area (Å²) in [6.07, 6.45) is 0. The molecule has 1 unspecified atom stereocenters. The van der Waals surface area contributed by atoms with Crippen molar-refractivity contribution >= 4 is 27.6 Å². The average Bonchev–Trinajstić information content (AvgIpc) is 2.88. The SMILES string of the molecule is CCNC(C)c1nnc(Nc2cc(Br)ccc2OC)o1. The maximum atomic E-state index is 5.57. The van der Waals surface area contributed by atoms with Crippen molar-refractivity contribution in [2.45, 2.75) is 19.9 Å². The van der Waals surface area contributed by atoms with Crippen LogP contribution in [0.1, 0.15) is 25.8 Å². The molecule has 108 valence electrons. The van der Waals surface area contributed by atoms with E-state index in [0.29, 0.717) is 17.7 Å². The molecule has 0 saturated carbocycles. The van der Waals surface area contributed by atoms with Crippen LogP contribution in [0.4, 0.5) is 11.7 Å². The van der Waals surface area contributed by atoms with Gasteiger partial charge in [-0.25, -0.2) is 0 Å². The monoisotopic (exact) mass is 340 g/mol. The minimum Gasteiger partial charge on any atom is -0.495 e. The molecule has 2 aromatic rings. The number of halogens is 1. The number of aromatic nitrogens is 2. The van der Waals surface area contributed by atoms with Crippen molar-refractivity contribution < 1.29 is 9.15 Å². The van der Waals surface area contributed by atoms with Crippen LogP contribution < -0.4 is 15.4 Å². The van der Waals surface area contributed by atoms with Crippen LogP contribution >= 0.6 is 15.9 Å². The van der Waals surface area contributed by atoms with Gasteiger partial charge in [0.1, 0.15) is 5.75 Å². The van der Waals surface area contributed by atoms with Crippen molar-refractivity contribution in [1.29, 1.82) is 0 Å². The first-order valence-electron chi connectivity index (χ1n) is 6.31. The minimum atomic E-state index is 0.0208. The number of hydrogen-bond acceptors (Lipinski definition) is 6. The van der Waals surface area contributed by atoms with Crippen molar-refractivity contribution in [1.82, 2.24) is 15.5 Å². The molecule has 0 aliphatic rings. The third kappa shape index (κ3) is 3.49. The molecule has 1 aromatic heterocycles. The van der Waals surface area contributed by atoms with Gasteiger partial charge in [0.2, 0.25) is 5.89 Å². The van der Waals surface area contributed by atoms with E-state index in [2.05, 4.69) is 36.8 Å². The molecular formula is C13H17BrN4O2. The van der Waals surface area contributed by atoms with Crippen molar-refractivity contribution in [2.24, 2.45) is 0 Å². The maximum absolute atomic E-state index is 5.57. The second kappa shape index (κ2) is 6.71. The molecule has 7 heteroatoms. The van der Waals surface area contributed by atoms with Gasteiger partial charge < -0.3 is 19.8 Å². The Kier molecular flexibility index (Phi) is 4.97. The van der Waals surface area contributed by atoms with Crippen molar-refractivity contribution in [3.05, 3.63) is 28.6 Å². The zero-order valence-corrected chi connectivity index (χ0v) is 13.2. The summed E-state index contributed by atoms with van der Waals surface area (Å²) in [5.41, 5.74) is 0.758. The molecule has 2 N–H and O–H groups in total. The van der Waals surface area contributed by atoms with Crippen LogP contribution in [0.15, 0.2) is 27.1 Å². The van der Waals surface area contributed by atoms with E-state index >= 15 is 0 Å². The second-order valence-electron chi connectivity index (χ2n) is 4.19. The summed E-state index contributed by atoms with van der Waals surface area (Å²) in [6.45, 7) is 4.84. The molecule has 20 heavy (non-hydrogen) atoms. The fourth-order valence-electron chi connectivity index (χ4n) is 1.75. The lowest BCUT2D eigenvalue weighted by Crippen LogP contribution is -2.17. The number of rotatable bonds is 6. The Hall–Kier alpha value is -1.60. The van der Waals surface area contributed by atoms with Gasteiger partial charge in [0.05, 0.1) is 18.8 Å². The quantitative estimate of drug-likeness (QED) is 0.840. The Morgan fingerprint density at radius 1 is 1.40 bits per heavy atom. The fraction of sp³-hybridized carbons (Fsp3) is 0.385. The predicted molar refractivity (Wildman–Crippen MR) is 80.4 cm³/mol. The van der Waals surface area contributed by atoms with E-state index in [9.17, 15) is 0 Å². The van der Waals surface area contributed by atoms with Gasteiger partial charge in [-0.3, -0.25) is 0 Å². The van der Waals surface area contributed by atoms with Crippen LogP contribution in [0.3, 0.4) is 0 Å². The molecule has 2 rings (SSSR count). The highest BCUT2D eigenvalue weighted by Crippen LogP contribution is 2.30. The molecule has 1 atom stereocenters. The molecule has 6 nitrogen and oxygen atoms in total. The third-order valence-corrected chi connectivity index (χ3v) is 3.22. The lowest BCUT2D eigenvalue weighted by atomic mass is 10.3.